The van der Waals surface area contributed by atoms with Gasteiger partial charge in [-0.15, -0.1) is 0 Å². The number of amides is 1. The number of rotatable bonds is 7. The summed E-state index contributed by atoms with van der Waals surface area (Å²) >= 11 is 0. The van der Waals surface area contributed by atoms with Crippen LogP contribution in [0.25, 0.3) is 0 Å². The van der Waals surface area contributed by atoms with Gasteiger partial charge >= 0.3 is 5.97 Å². The summed E-state index contributed by atoms with van der Waals surface area (Å²) in [6.07, 6.45) is -0.381. The molecule has 1 atom stereocenters. The Labute approximate surface area is 143 Å². The standard InChI is InChI=1S/C18H16FNO5/c1-12(18(23)20-15-4-2-3-14(19)9-15)25-17(22)11-24-16-7-5-13(10-21)6-8-16/h2-10,12H,11H2,1H3,(H,20,23)/t12-/m1/s1. The molecular formula is C18H16FNO5. The van der Waals surface area contributed by atoms with Crippen LogP contribution < -0.4 is 10.1 Å². The molecule has 0 spiro atoms. The first kappa shape index (κ1) is 18.1. The molecule has 0 radical (unpaired) electrons. The van der Waals surface area contributed by atoms with Crippen molar-refractivity contribution < 1.29 is 28.2 Å². The fourth-order valence-corrected chi connectivity index (χ4v) is 1.88. The summed E-state index contributed by atoms with van der Waals surface area (Å²) in [6.45, 7) is 1.00. The topological polar surface area (TPSA) is 81.7 Å². The van der Waals surface area contributed by atoms with Crippen LogP contribution in [0.2, 0.25) is 0 Å². The van der Waals surface area contributed by atoms with Crippen molar-refractivity contribution >= 4 is 23.9 Å². The predicted octanol–water partition coefficient (Wildman–Crippen LogP) is 2.59. The lowest BCUT2D eigenvalue weighted by Gasteiger charge is -2.14. The number of anilines is 1. The molecule has 2 aromatic rings. The van der Waals surface area contributed by atoms with E-state index >= 15 is 0 Å². The summed E-state index contributed by atoms with van der Waals surface area (Å²) in [6, 6.07) is 11.5. The van der Waals surface area contributed by atoms with Crippen molar-refractivity contribution in [3.05, 3.63) is 59.9 Å². The van der Waals surface area contributed by atoms with E-state index in [1.165, 1.54) is 37.3 Å². The van der Waals surface area contributed by atoms with E-state index in [0.29, 0.717) is 17.6 Å². The minimum atomic E-state index is -1.07. The number of ether oxygens (including phenoxy) is 2. The number of hydrogen-bond donors (Lipinski definition) is 1. The molecule has 0 aliphatic rings. The smallest absolute Gasteiger partial charge is 0.344 e. The van der Waals surface area contributed by atoms with Crippen LogP contribution in [0.15, 0.2) is 48.5 Å². The van der Waals surface area contributed by atoms with Crippen molar-refractivity contribution in [3.63, 3.8) is 0 Å². The molecule has 0 saturated heterocycles. The molecule has 0 bridgehead atoms. The van der Waals surface area contributed by atoms with Gasteiger partial charge in [0.25, 0.3) is 5.91 Å². The van der Waals surface area contributed by atoms with Crippen molar-refractivity contribution in [1.82, 2.24) is 0 Å². The SMILES string of the molecule is C[C@@H](OC(=O)COc1ccc(C=O)cc1)C(=O)Nc1cccc(F)c1. The van der Waals surface area contributed by atoms with E-state index in [-0.39, 0.29) is 5.69 Å². The fraction of sp³-hybridized carbons (Fsp3) is 0.167. The van der Waals surface area contributed by atoms with Crippen LogP contribution in [0.4, 0.5) is 10.1 Å². The first-order chi connectivity index (χ1) is 12.0. The number of carbonyl (C=O) groups excluding carboxylic acids is 3. The van der Waals surface area contributed by atoms with E-state index < -0.39 is 30.4 Å². The van der Waals surface area contributed by atoms with Crippen LogP contribution >= 0.6 is 0 Å². The number of aldehydes is 1. The van der Waals surface area contributed by atoms with Gasteiger partial charge in [0.15, 0.2) is 12.7 Å². The number of esters is 1. The van der Waals surface area contributed by atoms with Crippen LogP contribution in [0.3, 0.4) is 0 Å². The zero-order valence-corrected chi connectivity index (χ0v) is 13.4. The number of halogens is 1. The number of carbonyl (C=O) groups is 3. The maximum Gasteiger partial charge on any atom is 0.344 e. The van der Waals surface area contributed by atoms with E-state index in [1.54, 1.807) is 12.1 Å². The van der Waals surface area contributed by atoms with Crippen LogP contribution in [0, 0.1) is 5.82 Å². The summed E-state index contributed by atoms with van der Waals surface area (Å²) in [7, 11) is 0. The third-order valence-corrected chi connectivity index (χ3v) is 3.14. The Morgan fingerprint density at radius 2 is 1.92 bits per heavy atom. The van der Waals surface area contributed by atoms with Gasteiger partial charge in [0.05, 0.1) is 0 Å². The Morgan fingerprint density at radius 1 is 1.20 bits per heavy atom. The number of benzene rings is 2. The van der Waals surface area contributed by atoms with Gasteiger partial charge < -0.3 is 14.8 Å². The average Bonchev–Trinajstić information content (AvgIpc) is 2.60. The Hall–Kier alpha value is -3.22. The Kier molecular flexibility index (Phi) is 6.22. The molecule has 130 valence electrons. The first-order valence-electron chi connectivity index (χ1n) is 7.42. The zero-order valence-electron chi connectivity index (χ0n) is 13.4. The highest BCUT2D eigenvalue weighted by Gasteiger charge is 2.18. The summed E-state index contributed by atoms with van der Waals surface area (Å²) in [4.78, 5) is 34.2. The lowest BCUT2D eigenvalue weighted by atomic mass is 10.2. The minimum Gasteiger partial charge on any atom is -0.482 e. The van der Waals surface area contributed by atoms with Crippen LogP contribution in [-0.4, -0.2) is 30.9 Å². The molecular weight excluding hydrogens is 329 g/mol. The maximum absolute atomic E-state index is 13.1. The molecule has 0 aliphatic heterocycles. The van der Waals surface area contributed by atoms with Gasteiger partial charge in [0.2, 0.25) is 0 Å². The molecule has 25 heavy (non-hydrogen) atoms. The highest BCUT2D eigenvalue weighted by molar-refractivity contribution is 5.95. The molecule has 7 heteroatoms. The van der Waals surface area contributed by atoms with Gasteiger partial charge in [-0.2, -0.15) is 0 Å². The van der Waals surface area contributed by atoms with Gasteiger partial charge in [-0.05, 0) is 49.4 Å². The summed E-state index contributed by atoms with van der Waals surface area (Å²) in [5.74, 6) is -1.42. The van der Waals surface area contributed by atoms with Gasteiger partial charge in [-0.3, -0.25) is 9.59 Å². The van der Waals surface area contributed by atoms with Crippen molar-refractivity contribution in [2.45, 2.75) is 13.0 Å². The third kappa shape index (κ3) is 5.72. The summed E-state index contributed by atoms with van der Waals surface area (Å²) in [5, 5.41) is 2.44. The molecule has 1 amide bonds. The second-order valence-electron chi connectivity index (χ2n) is 5.11. The minimum absolute atomic E-state index is 0.263. The van der Waals surface area contributed by atoms with Gasteiger partial charge in [-0.25, -0.2) is 9.18 Å². The van der Waals surface area contributed by atoms with E-state index in [0.717, 1.165) is 6.07 Å². The lowest BCUT2D eigenvalue weighted by molar-refractivity contribution is -0.155. The van der Waals surface area contributed by atoms with Gasteiger partial charge in [0.1, 0.15) is 17.9 Å². The van der Waals surface area contributed by atoms with E-state index in [2.05, 4.69) is 5.32 Å². The molecule has 2 aromatic carbocycles. The second kappa shape index (κ2) is 8.58. The fourth-order valence-electron chi connectivity index (χ4n) is 1.88. The molecule has 0 aromatic heterocycles. The average molecular weight is 345 g/mol. The molecule has 0 heterocycles. The predicted molar refractivity (Wildman–Crippen MR) is 87.9 cm³/mol. The van der Waals surface area contributed by atoms with Crippen LogP contribution in [0.1, 0.15) is 17.3 Å². The Morgan fingerprint density at radius 3 is 2.56 bits per heavy atom. The second-order valence-corrected chi connectivity index (χ2v) is 5.11. The van der Waals surface area contributed by atoms with Crippen molar-refractivity contribution in [3.8, 4) is 5.75 Å². The molecule has 0 unspecified atom stereocenters. The maximum atomic E-state index is 13.1. The number of nitrogens with one attached hydrogen (secondary N) is 1. The molecule has 0 saturated carbocycles. The molecule has 0 aliphatic carbocycles. The summed E-state index contributed by atoms with van der Waals surface area (Å²) < 4.78 is 23.2. The zero-order chi connectivity index (χ0) is 18.2. The van der Waals surface area contributed by atoms with E-state index in [1.807, 2.05) is 0 Å². The third-order valence-electron chi connectivity index (χ3n) is 3.14. The highest BCUT2D eigenvalue weighted by Crippen LogP contribution is 2.12. The summed E-state index contributed by atoms with van der Waals surface area (Å²) in [5.41, 5.74) is 0.747. The Balaban J connectivity index is 1.80. The van der Waals surface area contributed by atoms with Crippen molar-refractivity contribution in [1.29, 1.82) is 0 Å². The number of hydrogen-bond acceptors (Lipinski definition) is 5. The molecule has 0 fully saturated rings. The quantitative estimate of drug-likeness (QED) is 0.616. The Bertz CT molecular complexity index is 760. The normalized spacial score (nSPS) is 11.3. The van der Waals surface area contributed by atoms with E-state index in [4.69, 9.17) is 9.47 Å². The first-order valence-corrected chi connectivity index (χ1v) is 7.42. The van der Waals surface area contributed by atoms with Crippen molar-refractivity contribution in [2.75, 3.05) is 11.9 Å². The molecule has 6 nitrogen and oxygen atoms in total. The monoisotopic (exact) mass is 345 g/mol. The van der Waals surface area contributed by atoms with E-state index in [9.17, 15) is 18.8 Å². The van der Waals surface area contributed by atoms with Crippen LogP contribution in [-0.2, 0) is 14.3 Å². The van der Waals surface area contributed by atoms with Gasteiger partial charge in [0, 0.05) is 11.3 Å². The molecule has 1 N–H and O–H groups in total. The lowest BCUT2D eigenvalue weighted by Crippen LogP contribution is -2.31. The van der Waals surface area contributed by atoms with Gasteiger partial charge in [-0.1, -0.05) is 6.07 Å². The molecule has 2 rings (SSSR count). The van der Waals surface area contributed by atoms with Crippen LogP contribution in [0.5, 0.6) is 5.75 Å². The largest absolute Gasteiger partial charge is 0.482 e. The highest BCUT2D eigenvalue weighted by atomic mass is 19.1. The van der Waals surface area contributed by atoms with Crippen molar-refractivity contribution in [2.24, 2.45) is 0 Å².